The molecule has 0 aromatic rings. The fraction of sp³-hybridized carbons (Fsp3) is 0.857. The van der Waals surface area contributed by atoms with Crippen molar-refractivity contribution in [1.82, 2.24) is 15.5 Å². The van der Waals surface area contributed by atoms with Crippen molar-refractivity contribution >= 4 is 11.8 Å². The number of hydrogen-bond donors (Lipinski definition) is 2. The van der Waals surface area contributed by atoms with Crippen LogP contribution in [0.5, 0.6) is 0 Å². The second-order valence-electron chi connectivity index (χ2n) is 5.10. The monoisotopic (exact) mass is 269 g/mol. The summed E-state index contributed by atoms with van der Waals surface area (Å²) < 4.78 is 0. The van der Waals surface area contributed by atoms with Crippen molar-refractivity contribution in [3.8, 4) is 0 Å². The molecule has 0 aromatic heterocycles. The number of nitrogens with zero attached hydrogens (tertiary/aromatic N) is 1. The maximum absolute atomic E-state index is 12.1. The first-order chi connectivity index (χ1) is 9.10. The molecule has 2 atom stereocenters. The number of rotatable bonds is 5. The Morgan fingerprint density at radius 1 is 1.26 bits per heavy atom. The molecule has 2 N–H and O–H groups in total. The maximum Gasteiger partial charge on any atom is 0.244 e. The van der Waals surface area contributed by atoms with E-state index in [2.05, 4.69) is 10.6 Å². The van der Waals surface area contributed by atoms with E-state index < -0.39 is 6.04 Å². The van der Waals surface area contributed by atoms with Crippen LogP contribution in [-0.4, -0.2) is 48.4 Å². The van der Waals surface area contributed by atoms with Crippen LogP contribution in [0, 0.1) is 0 Å². The molecule has 1 fully saturated rings. The number of amides is 2. The van der Waals surface area contributed by atoms with Crippen LogP contribution in [0.2, 0.25) is 0 Å². The van der Waals surface area contributed by atoms with Crippen LogP contribution in [0.3, 0.4) is 0 Å². The summed E-state index contributed by atoms with van der Waals surface area (Å²) >= 11 is 0. The third-order valence-electron chi connectivity index (χ3n) is 3.68. The SMILES string of the molecule is CCN(CC)C(=O)C(C)NC(=O)C1CCCCCN1. The molecule has 0 radical (unpaired) electrons. The zero-order valence-electron chi connectivity index (χ0n) is 12.4. The lowest BCUT2D eigenvalue weighted by Crippen LogP contribution is -2.52. The Morgan fingerprint density at radius 3 is 2.58 bits per heavy atom. The molecule has 0 aliphatic carbocycles. The number of likely N-dealkylation sites (N-methyl/N-ethyl adjacent to an activating group) is 1. The van der Waals surface area contributed by atoms with Crippen molar-refractivity contribution in [2.45, 2.75) is 58.5 Å². The first-order valence-corrected chi connectivity index (χ1v) is 7.42. The van der Waals surface area contributed by atoms with E-state index in [1.165, 1.54) is 6.42 Å². The quantitative estimate of drug-likeness (QED) is 0.779. The van der Waals surface area contributed by atoms with E-state index in [0.717, 1.165) is 25.8 Å². The van der Waals surface area contributed by atoms with Crippen LogP contribution in [0.15, 0.2) is 0 Å². The second-order valence-corrected chi connectivity index (χ2v) is 5.10. The first kappa shape index (κ1) is 16.0. The number of hydrogen-bond acceptors (Lipinski definition) is 3. The highest BCUT2D eigenvalue weighted by molar-refractivity contribution is 5.89. The number of nitrogens with one attached hydrogen (secondary N) is 2. The molecule has 1 rings (SSSR count). The van der Waals surface area contributed by atoms with Gasteiger partial charge in [-0.25, -0.2) is 0 Å². The normalized spacial score (nSPS) is 21.3. The summed E-state index contributed by atoms with van der Waals surface area (Å²) in [4.78, 5) is 25.9. The molecule has 0 spiro atoms. The number of carbonyl (C=O) groups excluding carboxylic acids is 2. The minimum atomic E-state index is -0.447. The predicted octanol–water partition coefficient (Wildman–Crippen LogP) is 0.892. The lowest BCUT2D eigenvalue weighted by atomic mass is 10.1. The summed E-state index contributed by atoms with van der Waals surface area (Å²) in [6, 6.07) is -0.591. The average molecular weight is 269 g/mol. The highest BCUT2D eigenvalue weighted by atomic mass is 16.2. The fourth-order valence-electron chi connectivity index (χ4n) is 2.44. The largest absolute Gasteiger partial charge is 0.343 e. The molecular weight excluding hydrogens is 242 g/mol. The standard InChI is InChI=1S/C14H27N3O2/c1-4-17(5-2)14(19)11(3)16-13(18)12-9-7-6-8-10-15-12/h11-12,15H,4-10H2,1-3H3,(H,16,18). The van der Waals surface area contributed by atoms with Gasteiger partial charge in [-0.1, -0.05) is 12.8 Å². The lowest BCUT2D eigenvalue weighted by molar-refractivity contribution is -0.136. The summed E-state index contributed by atoms with van der Waals surface area (Å²) in [5, 5.41) is 6.08. The molecule has 0 saturated carbocycles. The summed E-state index contributed by atoms with van der Waals surface area (Å²) in [6.07, 6.45) is 4.23. The predicted molar refractivity (Wildman–Crippen MR) is 75.8 cm³/mol. The second kappa shape index (κ2) is 8.15. The molecule has 0 bridgehead atoms. The Kier molecular flexibility index (Phi) is 6.84. The van der Waals surface area contributed by atoms with Gasteiger partial charge in [-0.05, 0) is 40.2 Å². The van der Waals surface area contributed by atoms with Crippen LogP contribution in [0.4, 0.5) is 0 Å². The van der Waals surface area contributed by atoms with E-state index in [-0.39, 0.29) is 17.9 Å². The Morgan fingerprint density at radius 2 is 1.95 bits per heavy atom. The maximum atomic E-state index is 12.1. The smallest absolute Gasteiger partial charge is 0.244 e. The zero-order chi connectivity index (χ0) is 14.3. The van der Waals surface area contributed by atoms with Crippen LogP contribution in [0.25, 0.3) is 0 Å². The molecular formula is C14H27N3O2. The summed E-state index contributed by atoms with van der Waals surface area (Å²) in [6.45, 7) is 7.89. The van der Waals surface area contributed by atoms with Crippen LogP contribution < -0.4 is 10.6 Å². The molecule has 1 heterocycles. The summed E-state index contributed by atoms with van der Waals surface area (Å²) in [5.74, 6) is -0.0538. The number of carbonyl (C=O) groups is 2. The molecule has 1 saturated heterocycles. The third-order valence-corrected chi connectivity index (χ3v) is 3.68. The molecule has 19 heavy (non-hydrogen) atoms. The fourth-order valence-corrected chi connectivity index (χ4v) is 2.44. The van der Waals surface area contributed by atoms with E-state index >= 15 is 0 Å². The summed E-state index contributed by atoms with van der Waals surface area (Å²) in [5.41, 5.74) is 0. The van der Waals surface area contributed by atoms with Gasteiger partial charge in [0.2, 0.25) is 11.8 Å². The van der Waals surface area contributed by atoms with E-state index in [1.54, 1.807) is 11.8 Å². The van der Waals surface area contributed by atoms with Crippen molar-refractivity contribution in [1.29, 1.82) is 0 Å². The Balaban J connectivity index is 2.48. The van der Waals surface area contributed by atoms with Gasteiger partial charge in [0.25, 0.3) is 0 Å². The van der Waals surface area contributed by atoms with E-state index in [9.17, 15) is 9.59 Å². The van der Waals surface area contributed by atoms with Crippen molar-refractivity contribution < 1.29 is 9.59 Å². The van der Waals surface area contributed by atoms with Gasteiger partial charge < -0.3 is 15.5 Å². The highest BCUT2D eigenvalue weighted by Gasteiger charge is 2.24. The van der Waals surface area contributed by atoms with Crippen LogP contribution in [0.1, 0.15) is 46.5 Å². The molecule has 1 aliphatic heterocycles. The van der Waals surface area contributed by atoms with Crippen molar-refractivity contribution in [3.63, 3.8) is 0 Å². The molecule has 5 nitrogen and oxygen atoms in total. The van der Waals surface area contributed by atoms with E-state index in [0.29, 0.717) is 13.1 Å². The van der Waals surface area contributed by atoms with Gasteiger partial charge in [0, 0.05) is 13.1 Å². The van der Waals surface area contributed by atoms with Crippen molar-refractivity contribution in [2.24, 2.45) is 0 Å². The summed E-state index contributed by atoms with van der Waals surface area (Å²) in [7, 11) is 0. The Labute approximate surface area is 116 Å². The van der Waals surface area contributed by atoms with Crippen molar-refractivity contribution in [2.75, 3.05) is 19.6 Å². The van der Waals surface area contributed by atoms with E-state index in [1.807, 2.05) is 13.8 Å². The van der Waals surface area contributed by atoms with Gasteiger partial charge in [0.1, 0.15) is 6.04 Å². The van der Waals surface area contributed by atoms with Gasteiger partial charge in [0.15, 0.2) is 0 Å². The minimum Gasteiger partial charge on any atom is -0.343 e. The molecule has 2 unspecified atom stereocenters. The van der Waals surface area contributed by atoms with E-state index in [4.69, 9.17) is 0 Å². The Bertz CT molecular complexity index is 295. The van der Waals surface area contributed by atoms with Gasteiger partial charge in [-0.15, -0.1) is 0 Å². The van der Waals surface area contributed by atoms with Crippen molar-refractivity contribution in [3.05, 3.63) is 0 Å². The van der Waals surface area contributed by atoms with Crippen LogP contribution >= 0.6 is 0 Å². The molecule has 2 amide bonds. The Hall–Kier alpha value is -1.10. The van der Waals surface area contributed by atoms with Gasteiger partial charge in [-0.2, -0.15) is 0 Å². The van der Waals surface area contributed by atoms with Gasteiger partial charge in [-0.3, -0.25) is 9.59 Å². The third kappa shape index (κ3) is 4.82. The molecule has 0 aromatic carbocycles. The molecule has 1 aliphatic rings. The van der Waals surface area contributed by atoms with Gasteiger partial charge >= 0.3 is 0 Å². The van der Waals surface area contributed by atoms with Gasteiger partial charge in [0.05, 0.1) is 6.04 Å². The lowest BCUT2D eigenvalue weighted by Gasteiger charge is -2.25. The zero-order valence-corrected chi connectivity index (χ0v) is 12.4. The molecule has 5 heteroatoms. The average Bonchev–Trinajstić information content (AvgIpc) is 2.68. The highest BCUT2D eigenvalue weighted by Crippen LogP contribution is 2.08. The first-order valence-electron chi connectivity index (χ1n) is 7.42. The molecule has 110 valence electrons. The minimum absolute atomic E-state index is 0.00743. The topological polar surface area (TPSA) is 61.4 Å². The van der Waals surface area contributed by atoms with Crippen LogP contribution in [-0.2, 0) is 9.59 Å².